The highest BCUT2D eigenvalue weighted by Gasteiger charge is 2.26. The van der Waals surface area contributed by atoms with Crippen molar-refractivity contribution in [1.82, 2.24) is 15.3 Å². The van der Waals surface area contributed by atoms with Crippen LogP contribution in [0.5, 0.6) is 0 Å². The summed E-state index contributed by atoms with van der Waals surface area (Å²) in [5.74, 6) is 0.828. The van der Waals surface area contributed by atoms with Crippen molar-refractivity contribution < 1.29 is 4.79 Å². The van der Waals surface area contributed by atoms with Crippen molar-refractivity contribution in [3.8, 4) is 0 Å². The number of benzene rings is 1. The third-order valence-corrected chi connectivity index (χ3v) is 3.94. The van der Waals surface area contributed by atoms with Gasteiger partial charge >= 0.3 is 0 Å². The molecule has 3 rings (SSSR count). The summed E-state index contributed by atoms with van der Waals surface area (Å²) in [7, 11) is 0. The second kappa shape index (κ2) is 7.02. The normalized spacial score (nSPS) is 18.0. The van der Waals surface area contributed by atoms with Crippen LogP contribution in [0.4, 0.5) is 5.95 Å². The first-order valence-electron chi connectivity index (χ1n) is 7.66. The van der Waals surface area contributed by atoms with E-state index in [1.165, 1.54) is 0 Å². The maximum absolute atomic E-state index is 12.4. The van der Waals surface area contributed by atoms with Crippen molar-refractivity contribution in [3.05, 3.63) is 54.4 Å². The fourth-order valence-electron chi connectivity index (χ4n) is 2.76. The van der Waals surface area contributed by atoms with Gasteiger partial charge in [-0.1, -0.05) is 30.3 Å². The Morgan fingerprint density at radius 2 is 1.95 bits per heavy atom. The molecule has 1 amide bonds. The van der Waals surface area contributed by atoms with Crippen molar-refractivity contribution in [2.75, 3.05) is 18.0 Å². The van der Waals surface area contributed by atoms with E-state index in [1.54, 1.807) is 18.5 Å². The highest BCUT2D eigenvalue weighted by Crippen LogP contribution is 2.20. The molecule has 5 heteroatoms. The number of rotatable bonds is 4. The average Bonchev–Trinajstić information content (AvgIpc) is 2.61. The van der Waals surface area contributed by atoms with E-state index in [0.29, 0.717) is 19.0 Å². The third kappa shape index (κ3) is 3.61. The molecule has 1 aliphatic rings. The molecular formula is C17H20N4O. The van der Waals surface area contributed by atoms with Crippen molar-refractivity contribution in [2.24, 2.45) is 5.92 Å². The molecule has 5 nitrogen and oxygen atoms in total. The number of aromatic nitrogens is 2. The summed E-state index contributed by atoms with van der Waals surface area (Å²) in [6.07, 6.45) is 5.38. The largest absolute Gasteiger partial charge is 0.352 e. The Morgan fingerprint density at radius 3 is 2.73 bits per heavy atom. The Hall–Kier alpha value is -2.43. The quantitative estimate of drug-likeness (QED) is 0.937. The molecule has 1 aliphatic heterocycles. The molecule has 1 atom stereocenters. The maximum Gasteiger partial charge on any atom is 0.225 e. The minimum Gasteiger partial charge on any atom is -0.352 e. The van der Waals surface area contributed by atoms with E-state index in [0.717, 1.165) is 24.9 Å². The van der Waals surface area contributed by atoms with Gasteiger partial charge in [-0.05, 0) is 24.5 Å². The number of amides is 1. The third-order valence-electron chi connectivity index (χ3n) is 3.94. The summed E-state index contributed by atoms with van der Waals surface area (Å²) >= 11 is 0. The van der Waals surface area contributed by atoms with Gasteiger partial charge in [0, 0.05) is 32.0 Å². The average molecular weight is 296 g/mol. The molecule has 22 heavy (non-hydrogen) atoms. The van der Waals surface area contributed by atoms with Gasteiger partial charge in [0.1, 0.15) is 0 Å². The van der Waals surface area contributed by atoms with Crippen LogP contribution in [0.15, 0.2) is 48.8 Å². The number of nitrogens with one attached hydrogen (secondary N) is 1. The number of carbonyl (C=O) groups is 1. The Morgan fingerprint density at radius 1 is 1.18 bits per heavy atom. The molecule has 0 unspecified atom stereocenters. The van der Waals surface area contributed by atoms with Crippen molar-refractivity contribution in [2.45, 2.75) is 19.4 Å². The fraction of sp³-hybridized carbons (Fsp3) is 0.353. The van der Waals surface area contributed by atoms with Crippen LogP contribution >= 0.6 is 0 Å². The number of piperidine rings is 1. The second-order valence-corrected chi connectivity index (χ2v) is 5.54. The van der Waals surface area contributed by atoms with Gasteiger partial charge in [0.05, 0.1) is 5.92 Å². The molecule has 1 aromatic carbocycles. The summed E-state index contributed by atoms with van der Waals surface area (Å²) in [6, 6.07) is 11.8. The lowest BCUT2D eigenvalue weighted by atomic mass is 9.97. The van der Waals surface area contributed by atoms with E-state index in [9.17, 15) is 4.79 Å². The molecule has 0 aliphatic carbocycles. The predicted molar refractivity (Wildman–Crippen MR) is 85.3 cm³/mol. The Bertz CT molecular complexity index is 603. The molecule has 1 fully saturated rings. The molecule has 0 spiro atoms. The van der Waals surface area contributed by atoms with Crippen LogP contribution in [0.1, 0.15) is 18.4 Å². The van der Waals surface area contributed by atoms with Crippen molar-refractivity contribution in [1.29, 1.82) is 0 Å². The molecule has 0 radical (unpaired) electrons. The zero-order valence-electron chi connectivity index (χ0n) is 12.5. The van der Waals surface area contributed by atoms with E-state index in [4.69, 9.17) is 0 Å². The first kappa shape index (κ1) is 14.5. The first-order chi connectivity index (χ1) is 10.8. The second-order valence-electron chi connectivity index (χ2n) is 5.54. The number of nitrogens with zero attached hydrogens (tertiary/aromatic N) is 3. The summed E-state index contributed by atoms with van der Waals surface area (Å²) < 4.78 is 0. The lowest BCUT2D eigenvalue weighted by Gasteiger charge is -2.31. The van der Waals surface area contributed by atoms with Crippen LogP contribution in [-0.2, 0) is 11.3 Å². The van der Waals surface area contributed by atoms with Crippen LogP contribution in [0.3, 0.4) is 0 Å². The summed E-state index contributed by atoms with van der Waals surface area (Å²) in [6.45, 7) is 2.18. The molecule has 1 N–H and O–H groups in total. The summed E-state index contributed by atoms with van der Waals surface area (Å²) in [4.78, 5) is 23.0. The maximum atomic E-state index is 12.4. The van der Waals surface area contributed by atoms with Gasteiger partial charge in [-0.25, -0.2) is 9.97 Å². The monoisotopic (exact) mass is 296 g/mol. The van der Waals surface area contributed by atoms with E-state index < -0.39 is 0 Å². The smallest absolute Gasteiger partial charge is 0.225 e. The van der Waals surface area contributed by atoms with Gasteiger partial charge in [0.2, 0.25) is 11.9 Å². The van der Waals surface area contributed by atoms with E-state index in [2.05, 4.69) is 20.2 Å². The van der Waals surface area contributed by atoms with Gasteiger partial charge < -0.3 is 10.2 Å². The number of hydrogen-bond acceptors (Lipinski definition) is 4. The zero-order valence-corrected chi connectivity index (χ0v) is 12.5. The van der Waals surface area contributed by atoms with Crippen LogP contribution in [0.2, 0.25) is 0 Å². The molecule has 1 saturated heterocycles. The SMILES string of the molecule is O=C(NCc1ccccc1)[C@@H]1CCCN(c2ncccn2)C1. The number of hydrogen-bond donors (Lipinski definition) is 1. The van der Waals surface area contributed by atoms with Gasteiger partial charge in [-0.3, -0.25) is 4.79 Å². The van der Waals surface area contributed by atoms with Gasteiger partial charge in [-0.2, -0.15) is 0 Å². The minimum absolute atomic E-state index is 0.00117. The Balaban J connectivity index is 1.56. The topological polar surface area (TPSA) is 58.1 Å². The predicted octanol–water partition coefficient (Wildman–Crippen LogP) is 2.01. The van der Waals surface area contributed by atoms with Gasteiger partial charge in [0.15, 0.2) is 0 Å². The summed E-state index contributed by atoms with van der Waals surface area (Å²) in [5.41, 5.74) is 1.12. The summed E-state index contributed by atoms with van der Waals surface area (Å²) in [5, 5.41) is 3.03. The van der Waals surface area contributed by atoms with E-state index in [1.807, 2.05) is 30.3 Å². The van der Waals surface area contributed by atoms with E-state index >= 15 is 0 Å². The highest BCUT2D eigenvalue weighted by molar-refractivity contribution is 5.79. The van der Waals surface area contributed by atoms with Crippen LogP contribution in [0.25, 0.3) is 0 Å². The standard InChI is InChI=1S/C17H20N4O/c22-16(20-12-14-6-2-1-3-7-14)15-8-4-11-21(13-15)17-18-9-5-10-19-17/h1-3,5-7,9-10,15H,4,8,11-13H2,(H,20,22)/t15-/m1/s1. The molecule has 114 valence electrons. The van der Waals surface area contributed by atoms with E-state index in [-0.39, 0.29) is 11.8 Å². The molecule has 0 bridgehead atoms. The Labute approximate surface area is 130 Å². The van der Waals surface area contributed by atoms with Crippen LogP contribution in [0, 0.1) is 5.92 Å². The van der Waals surface area contributed by atoms with Gasteiger partial charge in [-0.15, -0.1) is 0 Å². The molecule has 2 aromatic rings. The number of anilines is 1. The van der Waals surface area contributed by atoms with Crippen molar-refractivity contribution in [3.63, 3.8) is 0 Å². The van der Waals surface area contributed by atoms with Crippen LogP contribution in [-0.4, -0.2) is 29.0 Å². The highest BCUT2D eigenvalue weighted by atomic mass is 16.1. The Kier molecular flexibility index (Phi) is 4.63. The van der Waals surface area contributed by atoms with Crippen molar-refractivity contribution >= 4 is 11.9 Å². The molecule has 2 heterocycles. The lowest BCUT2D eigenvalue weighted by Crippen LogP contribution is -2.43. The number of carbonyl (C=O) groups excluding carboxylic acids is 1. The first-order valence-corrected chi connectivity index (χ1v) is 7.66. The molecule has 0 saturated carbocycles. The molecular weight excluding hydrogens is 276 g/mol. The lowest BCUT2D eigenvalue weighted by molar-refractivity contribution is -0.125. The minimum atomic E-state index is 0.00117. The van der Waals surface area contributed by atoms with Gasteiger partial charge in [0.25, 0.3) is 0 Å². The van der Waals surface area contributed by atoms with Crippen LogP contribution < -0.4 is 10.2 Å². The fourth-order valence-corrected chi connectivity index (χ4v) is 2.76. The molecule has 1 aromatic heterocycles. The zero-order chi connectivity index (χ0) is 15.2.